The van der Waals surface area contributed by atoms with E-state index in [1.807, 2.05) is 68.4 Å². The first-order valence-electron chi connectivity index (χ1n) is 7.69. The molecule has 1 amide bonds. The quantitative estimate of drug-likeness (QED) is 0.307. The number of hydrogen-bond acceptors (Lipinski definition) is 2. The molecule has 122 valence electrons. The van der Waals surface area contributed by atoms with Gasteiger partial charge in [0.15, 0.2) is 3.55 Å². The number of benzene rings is 2. The molecule has 0 radical (unpaired) electrons. The van der Waals surface area contributed by atoms with Gasteiger partial charge in [-0.3, -0.25) is 9.69 Å². The molecule has 1 fully saturated rings. The fourth-order valence-electron chi connectivity index (χ4n) is 3.00. The molecule has 0 spiro atoms. The van der Waals surface area contributed by atoms with Crippen LogP contribution >= 0.6 is 22.6 Å². The number of carbonyl (C=O) groups excluding carboxylic acids is 1. The van der Waals surface area contributed by atoms with E-state index in [1.165, 1.54) is 0 Å². The molecule has 1 heterocycles. The fraction of sp³-hybridized carbons (Fsp3) is 0.250. The summed E-state index contributed by atoms with van der Waals surface area (Å²) in [6.45, 7) is 4.05. The van der Waals surface area contributed by atoms with Crippen LogP contribution in [0, 0.1) is 12.3 Å². The highest BCUT2D eigenvalue weighted by molar-refractivity contribution is 14.1. The second-order valence-corrected chi connectivity index (χ2v) is 7.98. The third-order valence-corrected chi connectivity index (χ3v) is 5.28. The summed E-state index contributed by atoms with van der Waals surface area (Å²) in [6.07, 6.45) is 5.71. The van der Waals surface area contributed by atoms with E-state index in [0.717, 1.165) is 11.1 Å². The van der Waals surface area contributed by atoms with Gasteiger partial charge < -0.3 is 4.74 Å². The minimum atomic E-state index is -0.790. The zero-order valence-electron chi connectivity index (χ0n) is 13.6. The number of terminal acetylenes is 1. The monoisotopic (exact) mass is 431 g/mol. The minimum Gasteiger partial charge on any atom is -0.352 e. The van der Waals surface area contributed by atoms with Crippen molar-refractivity contribution in [1.29, 1.82) is 0 Å². The van der Waals surface area contributed by atoms with Crippen molar-refractivity contribution in [1.82, 2.24) is 4.90 Å². The second-order valence-electron chi connectivity index (χ2n) is 6.19. The van der Waals surface area contributed by atoms with Gasteiger partial charge in [-0.2, -0.15) is 0 Å². The third kappa shape index (κ3) is 2.83. The van der Waals surface area contributed by atoms with Gasteiger partial charge in [0.25, 0.3) is 5.91 Å². The van der Waals surface area contributed by atoms with Crippen LogP contribution in [0.15, 0.2) is 54.6 Å². The van der Waals surface area contributed by atoms with Gasteiger partial charge >= 0.3 is 0 Å². The van der Waals surface area contributed by atoms with Crippen LogP contribution in [-0.4, -0.2) is 26.7 Å². The van der Waals surface area contributed by atoms with Crippen LogP contribution in [0.4, 0.5) is 0 Å². The van der Waals surface area contributed by atoms with Crippen LogP contribution in [0.5, 0.6) is 0 Å². The van der Waals surface area contributed by atoms with Gasteiger partial charge in [-0.15, -0.1) is 6.42 Å². The molecular formula is C20H18INO2. The largest absolute Gasteiger partial charge is 0.352 e. The van der Waals surface area contributed by atoms with Gasteiger partial charge in [0, 0.05) is 5.56 Å². The summed E-state index contributed by atoms with van der Waals surface area (Å²) in [7, 11) is 0. The lowest BCUT2D eigenvalue weighted by Crippen LogP contribution is -2.52. The van der Waals surface area contributed by atoms with Crippen molar-refractivity contribution < 1.29 is 9.53 Å². The Morgan fingerprint density at radius 1 is 1.17 bits per heavy atom. The lowest BCUT2D eigenvalue weighted by atomic mass is 9.98. The van der Waals surface area contributed by atoms with Crippen molar-refractivity contribution in [3.8, 4) is 23.5 Å². The van der Waals surface area contributed by atoms with Gasteiger partial charge in [-0.05, 0) is 53.6 Å². The van der Waals surface area contributed by atoms with E-state index >= 15 is 0 Å². The van der Waals surface area contributed by atoms with Gasteiger partial charge in [-0.25, -0.2) is 0 Å². The van der Waals surface area contributed by atoms with Crippen LogP contribution in [0.3, 0.4) is 0 Å². The van der Waals surface area contributed by atoms with E-state index in [4.69, 9.17) is 11.2 Å². The van der Waals surface area contributed by atoms with Gasteiger partial charge in [0.2, 0.25) is 0 Å². The van der Waals surface area contributed by atoms with Crippen molar-refractivity contribution in [2.24, 2.45) is 0 Å². The van der Waals surface area contributed by atoms with Gasteiger partial charge in [0.05, 0.1) is 6.61 Å². The van der Waals surface area contributed by atoms with Crippen molar-refractivity contribution in [3.63, 3.8) is 0 Å². The van der Waals surface area contributed by atoms with E-state index in [-0.39, 0.29) is 5.91 Å². The van der Waals surface area contributed by atoms with Gasteiger partial charge in [-0.1, -0.05) is 54.5 Å². The topological polar surface area (TPSA) is 29.5 Å². The predicted octanol–water partition coefficient (Wildman–Crippen LogP) is 4.33. The van der Waals surface area contributed by atoms with E-state index in [2.05, 4.69) is 28.5 Å². The molecule has 1 aliphatic rings. The molecule has 4 heteroatoms. The van der Waals surface area contributed by atoms with Crippen molar-refractivity contribution in [2.75, 3.05) is 6.61 Å². The summed E-state index contributed by atoms with van der Waals surface area (Å²) < 4.78 is 5.01. The maximum absolute atomic E-state index is 13.4. The SMILES string of the molecule is C#C[C@@]1(I)COC(C)(C)N1C(=O)c1ccccc1-c1ccccc1. The Hall–Kier alpha value is -1.84. The standard InChI is InChI=1S/C20H18INO2/c1-4-20(21)14-24-19(2,3)22(20)18(23)17-13-9-8-12-16(17)15-10-6-5-7-11-15/h1,5-13H,14H2,2-3H3/t20-/m0/s1. The second kappa shape index (κ2) is 6.23. The Bertz CT molecular complexity index is 810. The number of amides is 1. The third-order valence-electron chi connectivity index (χ3n) is 4.18. The first-order chi connectivity index (χ1) is 11.4. The minimum absolute atomic E-state index is 0.121. The number of rotatable bonds is 2. The van der Waals surface area contributed by atoms with Crippen LogP contribution in [0.1, 0.15) is 24.2 Å². The highest BCUT2D eigenvalue weighted by Crippen LogP contribution is 2.41. The van der Waals surface area contributed by atoms with E-state index in [0.29, 0.717) is 12.2 Å². The molecule has 0 bridgehead atoms. The van der Waals surface area contributed by atoms with Crippen LogP contribution in [0.2, 0.25) is 0 Å². The average molecular weight is 431 g/mol. The summed E-state index contributed by atoms with van der Waals surface area (Å²) in [4.78, 5) is 15.0. The maximum atomic E-state index is 13.4. The van der Waals surface area contributed by atoms with Crippen molar-refractivity contribution in [2.45, 2.75) is 23.1 Å². The molecule has 3 rings (SSSR count). The normalized spacial score (nSPS) is 22.2. The first kappa shape index (κ1) is 17.0. The fourth-order valence-corrected chi connectivity index (χ4v) is 3.96. The lowest BCUT2D eigenvalue weighted by Gasteiger charge is -2.36. The number of carbonyl (C=O) groups is 1. The van der Waals surface area contributed by atoms with Crippen LogP contribution in [-0.2, 0) is 4.74 Å². The lowest BCUT2D eigenvalue weighted by molar-refractivity contribution is -0.0394. The summed E-state index contributed by atoms with van der Waals surface area (Å²) in [5.41, 5.74) is 1.76. The predicted molar refractivity (Wildman–Crippen MR) is 104 cm³/mol. The molecule has 1 saturated heterocycles. The Kier molecular flexibility index (Phi) is 4.41. The van der Waals surface area contributed by atoms with Crippen molar-refractivity contribution in [3.05, 3.63) is 60.2 Å². The molecule has 2 aromatic carbocycles. The summed E-state index contributed by atoms with van der Waals surface area (Å²) in [5, 5.41) is 0. The smallest absolute Gasteiger partial charge is 0.258 e. The first-order valence-corrected chi connectivity index (χ1v) is 8.77. The molecule has 0 aromatic heterocycles. The molecule has 0 aliphatic carbocycles. The Morgan fingerprint density at radius 3 is 2.46 bits per heavy atom. The molecule has 0 unspecified atom stereocenters. The summed E-state index contributed by atoms with van der Waals surface area (Å²) in [6, 6.07) is 17.5. The molecule has 0 N–H and O–H groups in total. The zero-order chi connectivity index (χ0) is 17.4. The molecule has 1 aliphatic heterocycles. The molecule has 1 atom stereocenters. The van der Waals surface area contributed by atoms with E-state index < -0.39 is 9.27 Å². The number of alkyl halides is 1. The molecular weight excluding hydrogens is 413 g/mol. The molecule has 2 aromatic rings. The Morgan fingerprint density at radius 2 is 1.79 bits per heavy atom. The summed E-state index contributed by atoms with van der Waals surface area (Å²) >= 11 is 2.13. The highest BCUT2D eigenvalue weighted by Gasteiger charge is 2.52. The number of halogens is 1. The van der Waals surface area contributed by atoms with E-state index in [9.17, 15) is 4.79 Å². The molecule has 3 nitrogen and oxygen atoms in total. The number of ether oxygens (including phenoxy) is 1. The van der Waals surface area contributed by atoms with Crippen LogP contribution in [0.25, 0.3) is 11.1 Å². The molecule has 24 heavy (non-hydrogen) atoms. The van der Waals surface area contributed by atoms with Gasteiger partial charge in [0.1, 0.15) is 5.72 Å². The molecule has 0 saturated carbocycles. The summed E-state index contributed by atoms with van der Waals surface area (Å²) in [5.74, 6) is 2.60. The Labute approximate surface area is 156 Å². The maximum Gasteiger partial charge on any atom is 0.258 e. The average Bonchev–Trinajstić information content (AvgIpc) is 2.85. The van der Waals surface area contributed by atoms with E-state index in [1.54, 1.807) is 4.90 Å². The van der Waals surface area contributed by atoms with Crippen LogP contribution < -0.4 is 0 Å². The highest BCUT2D eigenvalue weighted by atomic mass is 127. The zero-order valence-corrected chi connectivity index (χ0v) is 15.8. The Balaban J connectivity index is 2.10. The number of nitrogens with zero attached hydrogens (tertiary/aromatic N) is 1. The number of hydrogen-bond donors (Lipinski definition) is 0. The van der Waals surface area contributed by atoms with Crippen molar-refractivity contribution >= 4 is 28.5 Å².